The Kier molecular flexibility index (Phi) is 9.12. The molecule has 1 aliphatic rings. The second-order valence-corrected chi connectivity index (χ2v) is 9.11. The number of aromatic nitrogens is 1. The van der Waals surface area contributed by atoms with Crippen LogP contribution in [0.1, 0.15) is 22.8 Å². The van der Waals surface area contributed by atoms with Crippen LogP contribution in [-0.2, 0) is 9.53 Å². The van der Waals surface area contributed by atoms with Gasteiger partial charge in [-0.25, -0.2) is 0 Å². The average molecular weight is 528 g/mol. The third kappa shape index (κ3) is 6.72. The second kappa shape index (κ2) is 12.9. The lowest BCUT2D eigenvalue weighted by Gasteiger charge is -2.27. The molecule has 0 atom stereocenters. The van der Waals surface area contributed by atoms with E-state index >= 15 is 0 Å². The van der Waals surface area contributed by atoms with Crippen molar-refractivity contribution in [1.29, 1.82) is 0 Å². The smallest absolute Gasteiger partial charge is 0.251 e. The molecule has 0 aliphatic carbocycles. The van der Waals surface area contributed by atoms with Crippen molar-refractivity contribution in [2.45, 2.75) is 13.8 Å². The van der Waals surface area contributed by atoms with Crippen molar-refractivity contribution in [3.05, 3.63) is 95.7 Å². The van der Waals surface area contributed by atoms with Gasteiger partial charge in [-0.3, -0.25) is 14.6 Å². The molecule has 0 unspecified atom stereocenters. The number of carbonyl (C=O) groups excluding carboxylic acids is 2. The predicted molar refractivity (Wildman–Crippen MR) is 151 cm³/mol. The Morgan fingerprint density at radius 3 is 2.67 bits per heavy atom. The van der Waals surface area contributed by atoms with E-state index in [4.69, 9.17) is 14.2 Å². The molecule has 3 aromatic rings. The molecular weight excluding hydrogens is 494 g/mol. The Morgan fingerprint density at radius 2 is 1.92 bits per heavy atom. The summed E-state index contributed by atoms with van der Waals surface area (Å²) in [6.45, 7) is 10.0. The van der Waals surface area contributed by atoms with Gasteiger partial charge in [0.25, 0.3) is 5.91 Å². The summed E-state index contributed by atoms with van der Waals surface area (Å²) >= 11 is 0. The molecule has 0 bridgehead atoms. The maximum Gasteiger partial charge on any atom is 0.251 e. The molecule has 2 heterocycles. The normalized spacial score (nSPS) is 14.2. The van der Waals surface area contributed by atoms with E-state index in [-0.39, 0.29) is 18.4 Å². The molecule has 1 aromatic heterocycles. The highest BCUT2D eigenvalue weighted by Gasteiger charge is 2.18. The van der Waals surface area contributed by atoms with Crippen molar-refractivity contribution in [1.82, 2.24) is 15.2 Å². The molecule has 0 spiro atoms. The number of fused-ring (bicyclic) bond motifs is 1. The summed E-state index contributed by atoms with van der Waals surface area (Å²) in [4.78, 5) is 31.9. The van der Waals surface area contributed by atoms with E-state index < -0.39 is 0 Å². The highest BCUT2D eigenvalue weighted by molar-refractivity contribution is 5.96. The summed E-state index contributed by atoms with van der Waals surface area (Å²) in [6.07, 6.45) is 6.90. The topological polar surface area (TPSA) is 90.0 Å². The van der Waals surface area contributed by atoms with Crippen molar-refractivity contribution < 1.29 is 23.8 Å². The van der Waals surface area contributed by atoms with Crippen LogP contribution in [0, 0.1) is 6.92 Å². The van der Waals surface area contributed by atoms with E-state index in [1.54, 1.807) is 61.6 Å². The van der Waals surface area contributed by atoms with E-state index in [0.29, 0.717) is 60.3 Å². The van der Waals surface area contributed by atoms with Crippen LogP contribution >= 0.6 is 0 Å². The minimum Gasteiger partial charge on any atom is -0.497 e. The van der Waals surface area contributed by atoms with Crippen LogP contribution in [0.15, 0.2) is 84.6 Å². The van der Waals surface area contributed by atoms with E-state index in [0.717, 1.165) is 16.5 Å². The van der Waals surface area contributed by atoms with Gasteiger partial charge in [0.1, 0.15) is 17.2 Å². The van der Waals surface area contributed by atoms with Crippen LogP contribution in [0.4, 0.5) is 0 Å². The number of carbonyl (C=O) groups is 2. The maximum absolute atomic E-state index is 13.1. The number of ether oxygens (including phenoxy) is 3. The van der Waals surface area contributed by atoms with Crippen LogP contribution in [0.2, 0.25) is 0 Å². The SMILES string of the molecule is C=C/C(=C\C=C(/C)C(=O)N1CCOCC1)CNC(=O)c1cccc(Oc2ccnc3cc(OC)ccc23)c1C. The number of hydrogen-bond acceptors (Lipinski definition) is 6. The van der Waals surface area contributed by atoms with Gasteiger partial charge >= 0.3 is 0 Å². The largest absolute Gasteiger partial charge is 0.497 e. The van der Waals surface area contributed by atoms with E-state index in [1.807, 2.05) is 31.2 Å². The molecule has 2 amide bonds. The number of benzene rings is 2. The Bertz CT molecular complexity index is 1440. The quantitative estimate of drug-likeness (QED) is 0.312. The van der Waals surface area contributed by atoms with Crippen LogP contribution in [-0.4, -0.2) is 61.7 Å². The first-order valence-corrected chi connectivity index (χ1v) is 12.8. The van der Waals surface area contributed by atoms with Crippen molar-refractivity contribution in [2.24, 2.45) is 0 Å². The van der Waals surface area contributed by atoms with Gasteiger partial charge in [0.05, 0.1) is 25.8 Å². The lowest BCUT2D eigenvalue weighted by molar-refractivity contribution is -0.131. The molecule has 2 aromatic carbocycles. The van der Waals surface area contributed by atoms with Gasteiger partial charge in [0.15, 0.2) is 0 Å². The zero-order valence-corrected chi connectivity index (χ0v) is 22.5. The molecule has 39 heavy (non-hydrogen) atoms. The molecule has 202 valence electrons. The second-order valence-electron chi connectivity index (χ2n) is 9.11. The van der Waals surface area contributed by atoms with Gasteiger partial charge in [0, 0.05) is 54.0 Å². The summed E-state index contributed by atoms with van der Waals surface area (Å²) in [5.41, 5.74) is 3.36. The minimum absolute atomic E-state index is 0.0180. The van der Waals surface area contributed by atoms with Crippen molar-refractivity contribution in [3.63, 3.8) is 0 Å². The molecule has 1 N–H and O–H groups in total. The molecule has 1 saturated heterocycles. The van der Waals surface area contributed by atoms with Gasteiger partial charge in [-0.15, -0.1) is 0 Å². The molecule has 0 radical (unpaired) electrons. The summed E-state index contributed by atoms with van der Waals surface area (Å²) < 4.78 is 16.8. The number of hydrogen-bond donors (Lipinski definition) is 1. The maximum atomic E-state index is 13.1. The first-order chi connectivity index (χ1) is 18.9. The van der Waals surface area contributed by atoms with E-state index in [9.17, 15) is 9.59 Å². The molecule has 1 aliphatic heterocycles. The number of pyridine rings is 1. The lowest BCUT2D eigenvalue weighted by atomic mass is 10.1. The molecule has 0 saturated carbocycles. The Hall–Kier alpha value is -4.43. The number of nitrogens with one attached hydrogen (secondary N) is 1. The Morgan fingerprint density at radius 1 is 1.13 bits per heavy atom. The summed E-state index contributed by atoms with van der Waals surface area (Å²) in [6, 6.07) is 12.8. The van der Waals surface area contributed by atoms with Crippen molar-refractivity contribution in [3.8, 4) is 17.2 Å². The van der Waals surface area contributed by atoms with Crippen LogP contribution < -0.4 is 14.8 Å². The van der Waals surface area contributed by atoms with Crippen LogP contribution in [0.3, 0.4) is 0 Å². The minimum atomic E-state index is -0.236. The standard InChI is InChI=1S/C31H33N3O5/c1-5-23(10-9-21(2)31(36)34-15-17-38-18-16-34)20-33-30(35)25-7-6-8-28(22(25)3)39-29-13-14-32-27-19-24(37-4)11-12-26(27)29/h5-14,19H,1,15-18,20H2,2-4H3,(H,33,35)/b21-9+,23-10+. The number of allylic oxidation sites excluding steroid dienone is 2. The van der Waals surface area contributed by atoms with Crippen LogP contribution in [0.5, 0.6) is 17.2 Å². The van der Waals surface area contributed by atoms with Gasteiger partial charge in [0.2, 0.25) is 5.91 Å². The number of nitrogens with zero attached hydrogens (tertiary/aromatic N) is 2. The van der Waals surface area contributed by atoms with Crippen molar-refractivity contribution >= 4 is 22.7 Å². The zero-order valence-electron chi connectivity index (χ0n) is 22.5. The third-order valence-corrected chi connectivity index (χ3v) is 6.56. The lowest BCUT2D eigenvalue weighted by Crippen LogP contribution is -2.41. The highest BCUT2D eigenvalue weighted by Crippen LogP contribution is 2.33. The molecule has 8 nitrogen and oxygen atoms in total. The molecule has 4 rings (SSSR count). The summed E-state index contributed by atoms with van der Waals surface area (Å²) in [5.74, 6) is 1.67. The predicted octanol–water partition coefficient (Wildman–Crippen LogP) is 4.99. The van der Waals surface area contributed by atoms with Gasteiger partial charge < -0.3 is 24.4 Å². The average Bonchev–Trinajstić information content (AvgIpc) is 2.97. The molecule has 8 heteroatoms. The van der Waals surface area contributed by atoms with Crippen molar-refractivity contribution in [2.75, 3.05) is 40.0 Å². The Labute approximate surface area is 228 Å². The van der Waals surface area contributed by atoms with E-state index in [2.05, 4.69) is 16.9 Å². The van der Waals surface area contributed by atoms with Crippen LogP contribution in [0.25, 0.3) is 10.9 Å². The van der Waals surface area contributed by atoms with E-state index in [1.165, 1.54) is 0 Å². The number of methoxy groups -OCH3 is 1. The fraction of sp³-hybridized carbons (Fsp3) is 0.258. The zero-order chi connectivity index (χ0) is 27.8. The Balaban J connectivity index is 1.44. The monoisotopic (exact) mass is 527 g/mol. The first kappa shape index (κ1) is 27.6. The number of rotatable bonds is 9. The molecular formula is C31H33N3O5. The summed E-state index contributed by atoms with van der Waals surface area (Å²) in [7, 11) is 1.61. The number of amides is 2. The third-order valence-electron chi connectivity index (χ3n) is 6.56. The highest BCUT2D eigenvalue weighted by atomic mass is 16.5. The number of morpholine rings is 1. The van der Waals surface area contributed by atoms with Gasteiger partial charge in [-0.1, -0.05) is 30.9 Å². The molecule has 1 fully saturated rings. The fourth-order valence-electron chi connectivity index (χ4n) is 4.20. The van der Waals surface area contributed by atoms with Gasteiger partial charge in [-0.05, 0) is 49.8 Å². The fourth-order valence-corrected chi connectivity index (χ4v) is 4.20. The first-order valence-electron chi connectivity index (χ1n) is 12.8. The summed E-state index contributed by atoms with van der Waals surface area (Å²) in [5, 5.41) is 3.78. The van der Waals surface area contributed by atoms with Gasteiger partial charge in [-0.2, -0.15) is 0 Å².